The second-order valence-corrected chi connectivity index (χ2v) is 9.07. The number of fused-ring (bicyclic) bond motifs is 1. The van der Waals surface area contributed by atoms with Gasteiger partial charge in [0.2, 0.25) is 5.91 Å². The number of benzene rings is 2. The number of primary amides is 1. The molecule has 2 heterocycles. The topological polar surface area (TPSA) is 133 Å². The molecule has 0 aliphatic heterocycles. The van der Waals surface area contributed by atoms with Crippen LogP contribution >= 0.6 is 0 Å². The van der Waals surface area contributed by atoms with Gasteiger partial charge in [0.05, 0.1) is 12.7 Å². The van der Waals surface area contributed by atoms with Crippen molar-refractivity contribution in [2.75, 3.05) is 7.11 Å². The predicted octanol–water partition coefficient (Wildman–Crippen LogP) is 4.27. The Morgan fingerprint density at radius 1 is 1.03 bits per heavy atom. The van der Waals surface area contributed by atoms with E-state index in [1.54, 1.807) is 43.6 Å². The Labute approximate surface area is 208 Å². The number of aromatic nitrogens is 1. The second kappa shape index (κ2) is 9.83. The lowest BCUT2D eigenvalue weighted by atomic mass is 9.91. The molecule has 8 heteroatoms. The lowest BCUT2D eigenvalue weighted by Gasteiger charge is -2.29. The van der Waals surface area contributed by atoms with Gasteiger partial charge in [0.15, 0.2) is 5.58 Å². The molecule has 36 heavy (non-hydrogen) atoms. The predicted molar refractivity (Wildman–Crippen MR) is 138 cm³/mol. The van der Waals surface area contributed by atoms with E-state index in [1.807, 2.05) is 24.3 Å². The fourth-order valence-corrected chi connectivity index (χ4v) is 4.77. The van der Waals surface area contributed by atoms with Crippen molar-refractivity contribution in [3.05, 3.63) is 71.9 Å². The summed E-state index contributed by atoms with van der Waals surface area (Å²) in [6.07, 6.45) is 5.69. The van der Waals surface area contributed by atoms with E-state index < -0.39 is 5.91 Å². The minimum atomic E-state index is -0.543. The zero-order valence-electron chi connectivity index (χ0n) is 20.0. The van der Waals surface area contributed by atoms with Gasteiger partial charge in [-0.05, 0) is 54.8 Å². The van der Waals surface area contributed by atoms with Gasteiger partial charge in [0.1, 0.15) is 17.0 Å². The molecule has 4 aromatic rings. The number of amides is 2. The number of hydrogen-bond acceptors (Lipinski definition) is 6. The first-order chi connectivity index (χ1) is 17.4. The number of carbonyl (C=O) groups excluding carboxylic acids is 2. The van der Waals surface area contributed by atoms with Crippen molar-refractivity contribution in [3.63, 3.8) is 0 Å². The molecule has 5 N–H and O–H groups in total. The molecular formula is C28H28N4O4. The first-order valence-electron chi connectivity index (χ1n) is 12.0. The first-order valence-corrected chi connectivity index (χ1v) is 12.0. The number of hydrogen-bond donors (Lipinski definition) is 3. The highest BCUT2D eigenvalue weighted by molar-refractivity contribution is 5.99. The number of nitrogens with two attached hydrogens (primary N) is 2. The number of nitrogens with zero attached hydrogens (tertiary/aromatic N) is 1. The number of ether oxygens (including phenoxy) is 1. The number of rotatable bonds is 6. The molecule has 0 saturated heterocycles. The SMILES string of the molecule is COc1ccc(C(N)=O)cc1-c1cc2nccc(-c3cccc(C(=O)N[C@@H]4CCCC[C@@H]4N)c3)c2o1. The number of carbonyl (C=O) groups is 2. The highest BCUT2D eigenvalue weighted by Gasteiger charge is 2.24. The fourth-order valence-electron chi connectivity index (χ4n) is 4.77. The van der Waals surface area contributed by atoms with E-state index in [0.717, 1.165) is 36.8 Å². The van der Waals surface area contributed by atoms with Gasteiger partial charge in [0, 0.05) is 41.0 Å². The standard InChI is InChI=1S/C28H28N4O4/c1-35-24-10-9-17(27(30)33)14-20(24)25-15-23-26(36-25)19(11-12-31-23)16-5-4-6-18(13-16)28(34)32-22-8-3-2-7-21(22)29/h4-6,9-15,21-22H,2-3,7-8,29H2,1H3,(H2,30,33)(H,32,34)/t21-,22+/m0/s1. The van der Waals surface area contributed by atoms with Crippen LogP contribution in [-0.2, 0) is 0 Å². The third-order valence-electron chi connectivity index (χ3n) is 6.73. The Balaban J connectivity index is 1.50. The van der Waals surface area contributed by atoms with E-state index in [0.29, 0.717) is 39.3 Å². The van der Waals surface area contributed by atoms with Crippen molar-refractivity contribution in [2.24, 2.45) is 11.5 Å². The van der Waals surface area contributed by atoms with Crippen LogP contribution in [0, 0.1) is 0 Å². The Morgan fingerprint density at radius 3 is 2.64 bits per heavy atom. The van der Waals surface area contributed by atoms with E-state index in [9.17, 15) is 9.59 Å². The average Bonchev–Trinajstić information content (AvgIpc) is 3.34. The van der Waals surface area contributed by atoms with Gasteiger partial charge in [-0.25, -0.2) is 0 Å². The van der Waals surface area contributed by atoms with Gasteiger partial charge in [-0.15, -0.1) is 0 Å². The molecule has 1 saturated carbocycles. The van der Waals surface area contributed by atoms with Crippen molar-refractivity contribution < 1.29 is 18.7 Å². The summed E-state index contributed by atoms with van der Waals surface area (Å²) in [5.74, 6) is 0.348. The van der Waals surface area contributed by atoms with Gasteiger partial charge in [0.25, 0.3) is 5.91 Å². The molecule has 5 rings (SSSR count). The smallest absolute Gasteiger partial charge is 0.251 e. The molecule has 0 bridgehead atoms. The normalized spacial score (nSPS) is 17.6. The number of furan rings is 1. The highest BCUT2D eigenvalue weighted by Crippen LogP contribution is 2.37. The van der Waals surface area contributed by atoms with Crippen LogP contribution in [0.5, 0.6) is 5.75 Å². The van der Waals surface area contributed by atoms with E-state index in [1.165, 1.54) is 0 Å². The van der Waals surface area contributed by atoms with Crippen molar-refractivity contribution in [3.8, 4) is 28.2 Å². The molecule has 0 radical (unpaired) electrons. The van der Waals surface area contributed by atoms with Gasteiger partial charge in [-0.1, -0.05) is 25.0 Å². The zero-order valence-corrected chi connectivity index (χ0v) is 20.0. The van der Waals surface area contributed by atoms with Crippen molar-refractivity contribution in [2.45, 2.75) is 37.8 Å². The summed E-state index contributed by atoms with van der Waals surface area (Å²) in [7, 11) is 1.55. The third-order valence-corrected chi connectivity index (χ3v) is 6.73. The van der Waals surface area contributed by atoms with Gasteiger partial charge < -0.3 is 25.9 Å². The summed E-state index contributed by atoms with van der Waals surface area (Å²) < 4.78 is 11.7. The van der Waals surface area contributed by atoms with Crippen molar-refractivity contribution in [1.29, 1.82) is 0 Å². The van der Waals surface area contributed by atoms with Crippen molar-refractivity contribution in [1.82, 2.24) is 10.3 Å². The fraction of sp³-hybridized carbons (Fsp3) is 0.250. The van der Waals surface area contributed by atoms with Crippen molar-refractivity contribution >= 4 is 22.9 Å². The molecule has 2 atom stereocenters. The van der Waals surface area contributed by atoms with Crippen LogP contribution < -0.4 is 21.5 Å². The molecule has 1 aliphatic rings. The van der Waals surface area contributed by atoms with E-state index >= 15 is 0 Å². The quantitative estimate of drug-likeness (QED) is 0.374. The molecule has 0 spiro atoms. The van der Waals surface area contributed by atoms with Crippen LogP contribution in [0.15, 0.2) is 65.2 Å². The summed E-state index contributed by atoms with van der Waals surface area (Å²) in [6.45, 7) is 0. The zero-order chi connectivity index (χ0) is 25.2. The highest BCUT2D eigenvalue weighted by atomic mass is 16.5. The van der Waals surface area contributed by atoms with Gasteiger partial charge >= 0.3 is 0 Å². The largest absolute Gasteiger partial charge is 0.496 e. The molecule has 8 nitrogen and oxygen atoms in total. The molecule has 2 aromatic heterocycles. The van der Waals surface area contributed by atoms with Crippen LogP contribution in [0.3, 0.4) is 0 Å². The maximum atomic E-state index is 13.0. The lowest BCUT2D eigenvalue weighted by Crippen LogP contribution is -2.49. The average molecular weight is 485 g/mol. The maximum absolute atomic E-state index is 13.0. The molecular weight excluding hydrogens is 456 g/mol. The number of pyridine rings is 1. The minimum absolute atomic E-state index is 0.0127. The Morgan fingerprint density at radius 2 is 1.86 bits per heavy atom. The summed E-state index contributed by atoms with van der Waals surface area (Å²) in [6, 6.07) is 15.9. The van der Waals surface area contributed by atoms with E-state index in [2.05, 4.69) is 10.3 Å². The van der Waals surface area contributed by atoms with Gasteiger partial charge in [-0.3, -0.25) is 14.6 Å². The summed E-state index contributed by atoms with van der Waals surface area (Å²) in [5.41, 5.74) is 16.0. The summed E-state index contributed by atoms with van der Waals surface area (Å²) in [5, 5.41) is 3.10. The molecule has 1 fully saturated rings. The Bertz CT molecular complexity index is 1440. The monoisotopic (exact) mass is 484 g/mol. The molecule has 0 unspecified atom stereocenters. The Hall–Kier alpha value is -4.17. The Kier molecular flexibility index (Phi) is 6.43. The maximum Gasteiger partial charge on any atom is 0.251 e. The summed E-state index contributed by atoms with van der Waals surface area (Å²) >= 11 is 0. The van der Waals surface area contributed by atoms with Crippen LogP contribution in [0.1, 0.15) is 46.4 Å². The third kappa shape index (κ3) is 4.55. The van der Waals surface area contributed by atoms with Gasteiger partial charge in [-0.2, -0.15) is 0 Å². The van der Waals surface area contributed by atoms with Crippen LogP contribution in [0.4, 0.5) is 0 Å². The molecule has 2 aromatic carbocycles. The number of nitrogens with one attached hydrogen (secondary N) is 1. The van der Waals surface area contributed by atoms with Crippen LogP contribution in [-0.4, -0.2) is 36.0 Å². The lowest BCUT2D eigenvalue weighted by molar-refractivity contribution is 0.0920. The van der Waals surface area contributed by atoms with Crippen LogP contribution in [0.25, 0.3) is 33.6 Å². The second-order valence-electron chi connectivity index (χ2n) is 9.07. The molecule has 184 valence electrons. The summed E-state index contributed by atoms with van der Waals surface area (Å²) in [4.78, 5) is 29.2. The first kappa shape index (κ1) is 23.6. The van der Waals surface area contributed by atoms with E-state index in [4.69, 9.17) is 20.6 Å². The van der Waals surface area contributed by atoms with E-state index in [-0.39, 0.29) is 18.0 Å². The molecule has 2 amide bonds. The molecule has 1 aliphatic carbocycles. The minimum Gasteiger partial charge on any atom is -0.496 e. The van der Waals surface area contributed by atoms with Crippen LogP contribution in [0.2, 0.25) is 0 Å². The number of methoxy groups -OCH3 is 1.